The van der Waals surface area contributed by atoms with E-state index in [9.17, 15) is 0 Å². The highest BCUT2D eigenvalue weighted by Crippen LogP contribution is 2.28. The van der Waals surface area contributed by atoms with Crippen molar-refractivity contribution in [2.24, 2.45) is 0 Å². The fraction of sp³-hybridized carbons (Fsp3) is 0.182. The summed E-state index contributed by atoms with van der Waals surface area (Å²) in [5.74, 6) is 0.717. The van der Waals surface area contributed by atoms with E-state index in [2.05, 4.69) is 35.3 Å². The van der Waals surface area contributed by atoms with E-state index in [1.807, 2.05) is 35.0 Å². The van der Waals surface area contributed by atoms with Gasteiger partial charge in [-0.3, -0.25) is 0 Å². The van der Waals surface area contributed by atoms with E-state index in [-0.39, 0.29) is 0 Å². The lowest BCUT2D eigenvalue weighted by atomic mass is 9.99. The first kappa shape index (κ1) is 16.2. The topological polar surface area (TPSA) is 49.2 Å². The third-order valence-electron chi connectivity index (χ3n) is 4.86. The van der Waals surface area contributed by atoms with Gasteiger partial charge >= 0.3 is 0 Å². The van der Waals surface area contributed by atoms with Crippen LogP contribution >= 0.6 is 0 Å². The maximum absolute atomic E-state index is 5.52. The number of hydrogen-bond acceptors (Lipinski definition) is 4. The van der Waals surface area contributed by atoms with E-state index in [0.29, 0.717) is 26.4 Å². The van der Waals surface area contributed by atoms with Crippen molar-refractivity contribution in [3.05, 3.63) is 78.1 Å². The molecule has 0 aliphatic carbocycles. The van der Waals surface area contributed by atoms with Crippen molar-refractivity contribution in [1.82, 2.24) is 14.8 Å². The summed E-state index contributed by atoms with van der Waals surface area (Å²) in [7, 11) is 0. The fourth-order valence-electron chi connectivity index (χ4n) is 3.40. The molecule has 2 aromatic carbocycles. The summed E-state index contributed by atoms with van der Waals surface area (Å²) in [6.45, 7) is 2.63. The maximum Gasteiger partial charge on any atom is 0.181 e. The minimum absolute atomic E-state index is 0.644. The molecule has 0 unspecified atom stereocenters. The minimum Gasteiger partial charge on any atom is -0.373 e. The zero-order valence-corrected chi connectivity index (χ0v) is 14.8. The number of hydrogen-bond donors (Lipinski definition) is 0. The molecule has 3 heterocycles. The standard InChI is InChI=1S/C22H19N3O2/c1-2-4-16(5-3-1)22-23-15-25(24-22)21-11-19(17-6-8-26-13-17)10-20(12-21)18-7-9-27-14-18/h1-7,10-12,15H,8-9,13-14H2. The Labute approximate surface area is 157 Å². The normalized spacial score (nSPS) is 16.4. The zero-order chi connectivity index (χ0) is 18.1. The Morgan fingerprint density at radius 1 is 0.778 bits per heavy atom. The Morgan fingerprint density at radius 2 is 1.44 bits per heavy atom. The molecule has 27 heavy (non-hydrogen) atoms. The largest absolute Gasteiger partial charge is 0.373 e. The molecule has 0 fully saturated rings. The van der Waals surface area contributed by atoms with Gasteiger partial charge in [0.25, 0.3) is 0 Å². The molecule has 0 spiro atoms. The predicted octanol–water partition coefficient (Wildman–Crippen LogP) is 3.76. The van der Waals surface area contributed by atoms with Crippen LogP contribution in [0.15, 0.2) is 67.0 Å². The quantitative estimate of drug-likeness (QED) is 0.713. The number of rotatable bonds is 4. The molecule has 0 saturated heterocycles. The van der Waals surface area contributed by atoms with Crippen LogP contribution in [0.2, 0.25) is 0 Å². The molecular weight excluding hydrogens is 338 g/mol. The molecule has 0 bridgehead atoms. The lowest BCUT2D eigenvalue weighted by Crippen LogP contribution is -2.00. The molecule has 2 aliphatic rings. The molecule has 134 valence electrons. The van der Waals surface area contributed by atoms with Gasteiger partial charge in [-0.15, -0.1) is 5.10 Å². The van der Waals surface area contributed by atoms with Crippen LogP contribution in [0.3, 0.4) is 0 Å². The number of nitrogens with zero attached hydrogens (tertiary/aromatic N) is 3. The Bertz CT molecular complexity index is 992. The first-order valence-electron chi connectivity index (χ1n) is 9.04. The van der Waals surface area contributed by atoms with Gasteiger partial charge in [-0.2, -0.15) is 0 Å². The van der Waals surface area contributed by atoms with Crippen LogP contribution < -0.4 is 0 Å². The summed E-state index contributed by atoms with van der Waals surface area (Å²) >= 11 is 0. The molecule has 5 heteroatoms. The van der Waals surface area contributed by atoms with Crippen LogP contribution in [0.1, 0.15) is 11.1 Å². The predicted molar refractivity (Wildman–Crippen MR) is 104 cm³/mol. The molecule has 0 amide bonds. The second kappa shape index (κ2) is 6.95. The lowest BCUT2D eigenvalue weighted by molar-refractivity contribution is 0.216. The molecule has 0 atom stereocenters. The summed E-state index contributed by atoms with van der Waals surface area (Å²) in [5.41, 5.74) is 6.72. The van der Waals surface area contributed by atoms with Gasteiger partial charge in [0.2, 0.25) is 0 Å². The Morgan fingerprint density at radius 3 is 2.04 bits per heavy atom. The Balaban J connectivity index is 1.58. The van der Waals surface area contributed by atoms with Gasteiger partial charge in [0.1, 0.15) is 6.33 Å². The third-order valence-corrected chi connectivity index (χ3v) is 4.86. The monoisotopic (exact) mass is 357 g/mol. The first-order chi connectivity index (χ1) is 13.4. The third kappa shape index (κ3) is 3.23. The van der Waals surface area contributed by atoms with Gasteiger partial charge < -0.3 is 9.47 Å². The lowest BCUT2D eigenvalue weighted by Gasteiger charge is -2.11. The van der Waals surface area contributed by atoms with Gasteiger partial charge in [0.05, 0.1) is 32.1 Å². The van der Waals surface area contributed by atoms with Gasteiger partial charge in [-0.25, -0.2) is 9.67 Å². The van der Waals surface area contributed by atoms with Crippen LogP contribution in [0.5, 0.6) is 0 Å². The van der Waals surface area contributed by atoms with E-state index >= 15 is 0 Å². The molecule has 0 saturated carbocycles. The Kier molecular flexibility index (Phi) is 4.16. The van der Waals surface area contributed by atoms with Crippen molar-refractivity contribution >= 4 is 11.1 Å². The zero-order valence-electron chi connectivity index (χ0n) is 14.8. The van der Waals surface area contributed by atoms with Crippen molar-refractivity contribution in [3.8, 4) is 17.1 Å². The van der Waals surface area contributed by atoms with Gasteiger partial charge in [0.15, 0.2) is 5.82 Å². The molecule has 5 rings (SSSR count). The Hall–Kier alpha value is -3.02. The van der Waals surface area contributed by atoms with Crippen molar-refractivity contribution in [2.75, 3.05) is 26.4 Å². The molecular formula is C22H19N3O2. The van der Waals surface area contributed by atoms with E-state index in [1.54, 1.807) is 6.33 Å². The van der Waals surface area contributed by atoms with Crippen LogP contribution in [0.4, 0.5) is 0 Å². The van der Waals surface area contributed by atoms with E-state index < -0.39 is 0 Å². The van der Waals surface area contributed by atoms with Crippen molar-refractivity contribution in [2.45, 2.75) is 0 Å². The summed E-state index contributed by atoms with van der Waals surface area (Å²) in [6.07, 6.45) is 6.04. The second-order valence-electron chi connectivity index (χ2n) is 6.64. The van der Waals surface area contributed by atoms with Crippen LogP contribution in [0, 0.1) is 0 Å². The van der Waals surface area contributed by atoms with E-state index in [1.165, 1.54) is 11.1 Å². The van der Waals surface area contributed by atoms with Gasteiger partial charge in [-0.05, 0) is 40.5 Å². The average Bonchev–Trinajstić information content (AvgIpc) is 3.51. The summed E-state index contributed by atoms with van der Waals surface area (Å²) in [6, 6.07) is 16.5. The van der Waals surface area contributed by atoms with Crippen LogP contribution in [-0.2, 0) is 9.47 Å². The highest BCUT2D eigenvalue weighted by molar-refractivity contribution is 5.76. The molecule has 1 aromatic heterocycles. The number of aromatic nitrogens is 3. The second-order valence-corrected chi connectivity index (χ2v) is 6.64. The SMILES string of the molecule is C1=C(c2cc(C3=CCOC3)cc(-n3cnc(-c4ccccc4)n3)c2)COC1. The van der Waals surface area contributed by atoms with E-state index in [0.717, 1.165) is 28.2 Å². The van der Waals surface area contributed by atoms with Gasteiger partial charge in [0, 0.05) is 5.56 Å². The number of benzene rings is 2. The molecule has 0 radical (unpaired) electrons. The van der Waals surface area contributed by atoms with Gasteiger partial charge in [-0.1, -0.05) is 42.5 Å². The minimum atomic E-state index is 0.644. The summed E-state index contributed by atoms with van der Waals surface area (Å²) < 4.78 is 12.9. The summed E-state index contributed by atoms with van der Waals surface area (Å²) in [5, 5.41) is 4.69. The molecule has 2 aliphatic heterocycles. The smallest absolute Gasteiger partial charge is 0.181 e. The van der Waals surface area contributed by atoms with Crippen molar-refractivity contribution in [1.29, 1.82) is 0 Å². The molecule has 0 N–H and O–H groups in total. The molecule has 5 nitrogen and oxygen atoms in total. The van der Waals surface area contributed by atoms with Crippen LogP contribution in [0.25, 0.3) is 28.2 Å². The van der Waals surface area contributed by atoms with Crippen molar-refractivity contribution < 1.29 is 9.47 Å². The van der Waals surface area contributed by atoms with Crippen LogP contribution in [-0.4, -0.2) is 41.2 Å². The first-order valence-corrected chi connectivity index (χ1v) is 9.04. The highest BCUT2D eigenvalue weighted by atomic mass is 16.5. The fourth-order valence-corrected chi connectivity index (χ4v) is 3.40. The number of ether oxygens (including phenoxy) is 2. The molecule has 3 aromatic rings. The average molecular weight is 357 g/mol. The van der Waals surface area contributed by atoms with Crippen molar-refractivity contribution in [3.63, 3.8) is 0 Å². The maximum atomic E-state index is 5.52. The summed E-state index contributed by atoms with van der Waals surface area (Å²) in [4.78, 5) is 4.49. The van der Waals surface area contributed by atoms with E-state index in [4.69, 9.17) is 14.6 Å². The highest BCUT2D eigenvalue weighted by Gasteiger charge is 2.15.